The third-order valence-corrected chi connectivity index (χ3v) is 3.06. The molecule has 0 fully saturated rings. The maximum Gasteiger partial charge on any atom is 0.573 e. The van der Waals surface area contributed by atoms with Gasteiger partial charge in [0.05, 0.1) is 0 Å². The fourth-order valence-corrected chi connectivity index (χ4v) is 2.04. The first-order valence-corrected chi connectivity index (χ1v) is 7.18. The molecule has 2 aromatic rings. The van der Waals surface area contributed by atoms with Gasteiger partial charge in [0.2, 0.25) is 6.10 Å². The van der Waals surface area contributed by atoms with Crippen LogP contribution in [0.3, 0.4) is 0 Å². The Morgan fingerprint density at radius 3 is 1.93 bits per heavy atom. The molecule has 0 aliphatic heterocycles. The number of carboxylic acid groups (broad SMARTS) is 1. The summed E-state index contributed by atoms with van der Waals surface area (Å²) in [5.74, 6) is -5.26. The number of phenols is 1. The van der Waals surface area contributed by atoms with Crippen LogP contribution in [0.4, 0.5) is 26.3 Å². The molecule has 2 aromatic carbocycles. The van der Waals surface area contributed by atoms with Gasteiger partial charge in [-0.2, -0.15) is 0 Å². The molecule has 2 rings (SSSR count). The first-order chi connectivity index (χ1) is 12.9. The average molecular weight is 412 g/mol. The third-order valence-electron chi connectivity index (χ3n) is 3.06. The van der Waals surface area contributed by atoms with Crippen LogP contribution < -0.4 is 14.2 Å². The number of ether oxygens (including phenoxy) is 3. The number of aliphatic carboxylic acids is 1. The van der Waals surface area contributed by atoms with Gasteiger partial charge in [-0.25, -0.2) is 4.79 Å². The monoisotopic (exact) mass is 412 g/mol. The molecular weight excluding hydrogens is 402 g/mol. The summed E-state index contributed by atoms with van der Waals surface area (Å²) in [4.78, 5) is 11.5. The summed E-state index contributed by atoms with van der Waals surface area (Å²) in [7, 11) is 0. The number of phenolic OH excluding ortho intramolecular Hbond substituents is 1. The van der Waals surface area contributed by atoms with Crippen molar-refractivity contribution in [1.82, 2.24) is 0 Å². The Labute approximate surface area is 152 Å². The van der Waals surface area contributed by atoms with Gasteiger partial charge in [0.15, 0.2) is 23.0 Å². The molecule has 0 bridgehead atoms. The highest BCUT2D eigenvalue weighted by Gasteiger charge is 2.35. The van der Waals surface area contributed by atoms with Crippen molar-refractivity contribution >= 4 is 5.97 Å². The Hall–Kier alpha value is -3.31. The van der Waals surface area contributed by atoms with E-state index < -0.39 is 53.4 Å². The zero-order chi connectivity index (χ0) is 21.1. The minimum atomic E-state index is -5.18. The number of alkyl halides is 6. The van der Waals surface area contributed by atoms with Crippen LogP contribution in [0.25, 0.3) is 0 Å². The van der Waals surface area contributed by atoms with E-state index in [0.29, 0.717) is 12.1 Å². The number of rotatable bonds is 6. The molecule has 6 nitrogen and oxygen atoms in total. The number of aromatic hydroxyl groups is 1. The second-order valence-corrected chi connectivity index (χ2v) is 5.11. The number of benzene rings is 2. The predicted molar refractivity (Wildman–Crippen MR) is 78.9 cm³/mol. The van der Waals surface area contributed by atoms with Crippen LogP contribution in [-0.4, -0.2) is 28.9 Å². The topological polar surface area (TPSA) is 85.2 Å². The number of hydrogen-bond acceptors (Lipinski definition) is 5. The van der Waals surface area contributed by atoms with Crippen molar-refractivity contribution in [2.75, 3.05) is 0 Å². The number of para-hydroxylation sites is 2. The molecule has 28 heavy (non-hydrogen) atoms. The highest BCUT2D eigenvalue weighted by Crippen LogP contribution is 2.37. The third kappa shape index (κ3) is 5.86. The largest absolute Gasteiger partial charge is 0.573 e. The van der Waals surface area contributed by atoms with Crippen LogP contribution >= 0.6 is 0 Å². The maximum atomic E-state index is 12.5. The Morgan fingerprint density at radius 1 is 0.857 bits per heavy atom. The van der Waals surface area contributed by atoms with Crippen molar-refractivity contribution in [3.63, 3.8) is 0 Å². The van der Waals surface area contributed by atoms with Crippen LogP contribution in [0.5, 0.6) is 23.0 Å². The molecular formula is C16H10F6O6. The molecule has 1 unspecified atom stereocenters. The van der Waals surface area contributed by atoms with E-state index >= 15 is 0 Å². The van der Waals surface area contributed by atoms with Crippen molar-refractivity contribution in [3.8, 4) is 23.0 Å². The number of halogens is 6. The van der Waals surface area contributed by atoms with Gasteiger partial charge in [-0.15, -0.1) is 26.3 Å². The fourth-order valence-electron chi connectivity index (χ4n) is 2.04. The van der Waals surface area contributed by atoms with Gasteiger partial charge in [-0.05, 0) is 24.3 Å². The molecule has 152 valence electrons. The van der Waals surface area contributed by atoms with Crippen LogP contribution in [-0.2, 0) is 4.79 Å². The lowest BCUT2D eigenvalue weighted by Crippen LogP contribution is -2.21. The van der Waals surface area contributed by atoms with Crippen molar-refractivity contribution in [1.29, 1.82) is 0 Å². The number of carboxylic acids is 1. The summed E-state index contributed by atoms with van der Waals surface area (Å²) in [6, 6.07) is 6.39. The molecule has 0 aromatic heterocycles. The van der Waals surface area contributed by atoms with Crippen LogP contribution in [0.15, 0.2) is 42.5 Å². The fraction of sp³-hybridized carbons (Fsp3) is 0.188. The lowest BCUT2D eigenvalue weighted by Gasteiger charge is -2.19. The van der Waals surface area contributed by atoms with Crippen molar-refractivity contribution < 1.29 is 55.6 Å². The van der Waals surface area contributed by atoms with Crippen molar-refractivity contribution in [2.24, 2.45) is 0 Å². The second-order valence-electron chi connectivity index (χ2n) is 5.11. The van der Waals surface area contributed by atoms with E-state index in [1.54, 1.807) is 0 Å². The average Bonchev–Trinajstić information content (AvgIpc) is 2.53. The summed E-state index contributed by atoms with van der Waals surface area (Å²) in [6.45, 7) is 0. The van der Waals surface area contributed by atoms with E-state index in [4.69, 9.17) is 4.74 Å². The molecule has 12 heteroatoms. The van der Waals surface area contributed by atoms with Gasteiger partial charge in [0, 0.05) is 5.56 Å². The standard InChI is InChI=1S/C16H10F6O6/c17-15(18,19)27-11-4-2-1-3-10(11)26-13(14(24)25)8-5-6-9(23)12(7-8)28-16(20,21)22/h1-7,13,23H,(H,24,25). The quantitative estimate of drug-likeness (QED) is 0.685. The number of carbonyl (C=O) groups is 1. The summed E-state index contributed by atoms with van der Waals surface area (Å²) in [6.07, 6.45) is -12.3. The molecule has 0 saturated heterocycles. The SMILES string of the molecule is O=C(O)C(Oc1ccccc1OC(F)(F)F)c1ccc(O)c(OC(F)(F)F)c1. The van der Waals surface area contributed by atoms with Gasteiger partial charge in [0.25, 0.3) is 0 Å². The Bertz CT molecular complexity index is 848. The van der Waals surface area contributed by atoms with E-state index in [1.165, 1.54) is 12.1 Å². The van der Waals surface area contributed by atoms with Gasteiger partial charge < -0.3 is 24.4 Å². The lowest BCUT2D eigenvalue weighted by molar-refractivity contribution is -0.276. The maximum absolute atomic E-state index is 12.5. The van der Waals surface area contributed by atoms with Gasteiger partial charge in [-0.1, -0.05) is 18.2 Å². The summed E-state index contributed by atoms with van der Waals surface area (Å²) in [5.41, 5.74) is -0.439. The second kappa shape index (κ2) is 7.74. The van der Waals surface area contributed by atoms with Crippen LogP contribution in [0, 0.1) is 0 Å². The highest BCUT2D eigenvalue weighted by atomic mass is 19.4. The summed E-state index contributed by atoms with van der Waals surface area (Å²) >= 11 is 0. The van der Waals surface area contributed by atoms with E-state index in [9.17, 15) is 41.4 Å². The van der Waals surface area contributed by atoms with E-state index in [0.717, 1.165) is 18.2 Å². The normalized spacial score (nSPS) is 12.9. The van der Waals surface area contributed by atoms with Gasteiger partial charge >= 0.3 is 18.7 Å². The van der Waals surface area contributed by atoms with Crippen LogP contribution in [0.1, 0.15) is 11.7 Å². The highest BCUT2D eigenvalue weighted by molar-refractivity contribution is 5.75. The van der Waals surface area contributed by atoms with E-state index in [1.807, 2.05) is 0 Å². The molecule has 0 amide bonds. The first-order valence-electron chi connectivity index (χ1n) is 7.18. The number of hydrogen-bond donors (Lipinski definition) is 2. The van der Waals surface area contributed by atoms with Gasteiger partial charge in [-0.3, -0.25) is 0 Å². The van der Waals surface area contributed by atoms with Crippen molar-refractivity contribution in [3.05, 3.63) is 48.0 Å². The predicted octanol–water partition coefficient (Wildman–Crippen LogP) is 4.39. The summed E-state index contributed by atoms with van der Waals surface area (Å²) in [5, 5.41) is 18.7. The van der Waals surface area contributed by atoms with Crippen molar-refractivity contribution in [2.45, 2.75) is 18.8 Å². The molecule has 0 spiro atoms. The lowest BCUT2D eigenvalue weighted by atomic mass is 10.1. The smallest absolute Gasteiger partial charge is 0.504 e. The Kier molecular flexibility index (Phi) is 5.81. The Balaban J connectivity index is 2.38. The zero-order valence-electron chi connectivity index (χ0n) is 13.4. The van der Waals surface area contributed by atoms with Gasteiger partial charge in [0.1, 0.15) is 0 Å². The molecule has 0 heterocycles. The summed E-state index contributed by atoms with van der Waals surface area (Å²) < 4.78 is 86.8. The molecule has 0 radical (unpaired) electrons. The first kappa shape index (κ1) is 21.0. The minimum Gasteiger partial charge on any atom is -0.504 e. The zero-order valence-corrected chi connectivity index (χ0v) is 13.4. The molecule has 0 aliphatic carbocycles. The molecule has 0 saturated carbocycles. The molecule has 1 atom stereocenters. The molecule has 2 N–H and O–H groups in total. The van der Waals surface area contributed by atoms with Crippen LogP contribution in [0.2, 0.25) is 0 Å². The molecule has 0 aliphatic rings. The Morgan fingerprint density at radius 2 is 1.39 bits per heavy atom. The van der Waals surface area contributed by atoms with E-state index in [2.05, 4.69) is 9.47 Å². The minimum absolute atomic E-state index is 0.439. The van der Waals surface area contributed by atoms with E-state index in [-0.39, 0.29) is 0 Å².